The zero-order valence-electron chi connectivity index (χ0n) is 15.8. The summed E-state index contributed by atoms with van der Waals surface area (Å²) in [6.07, 6.45) is 6.80. The molecule has 2 aromatic rings. The van der Waals surface area contributed by atoms with E-state index in [-0.39, 0.29) is 11.3 Å². The molecular weight excluding hydrogens is 340 g/mol. The highest BCUT2D eigenvalue weighted by molar-refractivity contribution is 5.89. The minimum atomic E-state index is -0.113. The molecule has 1 spiro atoms. The lowest BCUT2D eigenvalue weighted by Gasteiger charge is -2.20. The fourth-order valence-corrected chi connectivity index (χ4v) is 3.90. The SMILES string of the molecule is CC(=O)Nc1cc2c(cn1)C1(CC1)CN2c1cc(C)cc(OCC2CC2)n1. The van der Waals surface area contributed by atoms with Crippen LogP contribution in [0.2, 0.25) is 0 Å². The number of aryl methyl sites for hydroxylation is 1. The van der Waals surface area contributed by atoms with E-state index in [1.807, 2.05) is 18.3 Å². The van der Waals surface area contributed by atoms with E-state index in [4.69, 9.17) is 9.72 Å². The van der Waals surface area contributed by atoms with E-state index in [1.54, 1.807) is 0 Å². The molecule has 2 aliphatic carbocycles. The van der Waals surface area contributed by atoms with Crippen molar-refractivity contribution in [3.63, 3.8) is 0 Å². The van der Waals surface area contributed by atoms with Gasteiger partial charge in [-0.25, -0.2) is 4.98 Å². The van der Waals surface area contributed by atoms with Gasteiger partial charge in [0.2, 0.25) is 11.8 Å². The largest absolute Gasteiger partial charge is 0.477 e. The Kier molecular flexibility index (Phi) is 3.64. The van der Waals surface area contributed by atoms with Gasteiger partial charge in [0, 0.05) is 42.8 Å². The van der Waals surface area contributed by atoms with Gasteiger partial charge in [0.25, 0.3) is 0 Å². The second kappa shape index (κ2) is 5.94. The minimum Gasteiger partial charge on any atom is -0.477 e. The van der Waals surface area contributed by atoms with Crippen molar-refractivity contribution < 1.29 is 9.53 Å². The Morgan fingerprint density at radius 2 is 2.15 bits per heavy atom. The van der Waals surface area contributed by atoms with Crippen LogP contribution in [0, 0.1) is 12.8 Å². The molecule has 0 radical (unpaired) electrons. The summed E-state index contributed by atoms with van der Waals surface area (Å²) in [6, 6.07) is 6.08. The van der Waals surface area contributed by atoms with E-state index in [2.05, 4.69) is 28.2 Å². The molecule has 27 heavy (non-hydrogen) atoms. The number of carbonyl (C=O) groups excluding carboxylic acids is 1. The number of pyridine rings is 2. The maximum atomic E-state index is 11.4. The van der Waals surface area contributed by atoms with E-state index >= 15 is 0 Å². The molecule has 0 bridgehead atoms. The summed E-state index contributed by atoms with van der Waals surface area (Å²) in [6.45, 7) is 5.24. The van der Waals surface area contributed by atoms with Gasteiger partial charge < -0.3 is 15.0 Å². The Bertz CT molecular complexity index is 918. The molecule has 6 nitrogen and oxygen atoms in total. The molecule has 1 N–H and O–H groups in total. The summed E-state index contributed by atoms with van der Waals surface area (Å²) < 4.78 is 5.94. The highest BCUT2D eigenvalue weighted by atomic mass is 16.5. The van der Waals surface area contributed by atoms with Crippen molar-refractivity contribution in [3.05, 3.63) is 35.5 Å². The van der Waals surface area contributed by atoms with Gasteiger partial charge in [-0.05, 0) is 50.2 Å². The maximum Gasteiger partial charge on any atom is 0.222 e. The monoisotopic (exact) mass is 364 g/mol. The quantitative estimate of drug-likeness (QED) is 0.876. The standard InChI is InChI=1S/C21H24N4O2/c1-13-7-19(24-20(8-13)27-11-15-3-4-15)25-12-21(5-6-21)16-10-22-18(9-17(16)25)23-14(2)26/h7-10,15H,3-6,11-12H2,1-2H3,(H,22,23,26). The third-order valence-corrected chi connectivity index (χ3v) is 5.74. The molecule has 0 unspecified atom stereocenters. The van der Waals surface area contributed by atoms with Gasteiger partial charge in [0.1, 0.15) is 11.6 Å². The molecule has 3 heterocycles. The minimum absolute atomic E-state index is 0.113. The van der Waals surface area contributed by atoms with Crippen molar-refractivity contribution >= 4 is 23.2 Å². The molecular formula is C21H24N4O2. The predicted molar refractivity (Wildman–Crippen MR) is 104 cm³/mol. The van der Waals surface area contributed by atoms with Crippen molar-refractivity contribution in [2.75, 3.05) is 23.4 Å². The summed E-state index contributed by atoms with van der Waals surface area (Å²) in [5.74, 6) is 2.78. The van der Waals surface area contributed by atoms with Crippen molar-refractivity contribution in [1.82, 2.24) is 9.97 Å². The lowest BCUT2D eigenvalue weighted by atomic mass is 10.0. The first-order valence-electron chi connectivity index (χ1n) is 9.70. The van der Waals surface area contributed by atoms with Crippen LogP contribution in [0.3, 0.4) is 0 Å². The third kappa shape index (κ3) is 3.13. The van der Waals surface area contributed by atoms with E-state index in [9.17, 15) is 4.79 Å². The molecule has 2 aromatic heterocycles. The molecule has 1 amide bonds. The Hall–Kier alpha value is -2.63. The Balaban J connectivity index is 1.49. The number of nitrogens with zero attached hydrogens (tertiary/aromatic N) is 3. The number of aromatic nitrogens is 2. The van der Waals surface area contributed by atoms with Crippen molar-refractivity contribution in [3.8, 4) is 5.88 Å². The smallest absolute Gasteiger partial charge is 0.222 e. The lowest BCUT2D eigenvalue weighted by Crippen LogP contribution is -2.20. The van der Waals surface area contributed by atoms with Gasteiger partial charge in [-0.1, -0.05) is 0 Å². The predicted octanol–water partition coefficient (Wildman–Crippen LogP) is 3.72. The van der Waals surface area contributed by atoms with Gasteiger partial charge in [-0.2, -0.15) is 4.98 Å². The van der Waals surface area contributed by atoms with E-state index in [1.165, 1.54) is 38.2 Å². The van der Waals surface area contributed by atoms with Crippen molar-refractivity contribution in [1.29, 1.82) is 0 Å². The zero-order chi connectivity index (χ0) is 18.6. The van der Waals surface area contributed by atoms with Crippen LogP contribution in [-0.4, -0.2) is 29.0 Å². The number of fused-ring (bicyclic) bond motifs is 2. The Morgan fingerprint density at radius 3 is 2.85 bits per heavy atom. The molecule has 6 heteroatoms. The fourth-order valence-electron chi connectivity index (χ4n) is 3.90. The summed E-state index contributed by atoms with van der Waals surface area (Å²) >= 11 is 0. The normalized spacial score (nSPS) is 19.1. The summed E-state index contributed by atoms with van der Waals surface area (Å²) in [5.41, 5.74) is 3.69. The van der Waals surface area contributed by atoms with E-state index in [0.717, 1.165) is 30.2 Å². The summed E-state index contributed by atoms with van der Waals surface area (Å²) in [4.78, 5) is 22.9. The van der Waals surface area contributed by atoms with Crippen LogP contribution in [0.25, 0.3) is 0 Å². The molecule has 2 fully saturated rings. The molecule has 0 aromatic carbocycles. The number of carbonyl (C=O) groups is 1. The summed E-state index contributed by atoms with van der Waals surface area (Å²) in [7, 11) is 0. The lowest BCUT2D eigenvalue weighted by molar-refractivity contribution is -0.114. The number of rotatable bonds is 5. The van der Waals surface area contributed by atoms with Gasteiger partial charge in [-0.3, -0.25) is 4.79 Å². The van der Waals surface area contributed by atoms with Crippen LogP contribution >= 0.6 is 0 Å². The van der Waals surface area contributed by atoms with E-state index in [0.29, 0.717) is 17.6 Å². The molecule has 0 atom stereocenters. The van der Waals surface area contributed by atoms with E-state index < -0.39 is 0 Å². The first kappa shape index (κ1) is 16.5. The second-order valence-corrected chi connectivity index (χ2v) is 8.23. The number of ether oxygens (including phenoxy) is 1. The van der Waals surface area contributed by atoms with Gasteiger partial charge >= 0.3 is 0 Å². The third-order valence-electron chi connectivity index (χ3n) is 5.74. The van der Waals surface area contributed by atoms with Crippen LogP contribution in [0.4, 0.5) is 17.3 Å². The summed E-state index contributed by atoms with van der Waals surface area (Å²) in [5, 5.41) is 2.79. The average molecular weight is 364 g/mol. The number of anilines is 3. The molecule has 5 rings (SSSR count). The molecule has 0 saturated heterocycles. The average Bonchev–Trinajstić information content (AvgIpc) is 3.52. The van der Waals surface area contributed by atoms with Crippen LogP contribution in [0.5, 0.6) is 5.88 Å². The maximum absolute atomic E-state index is 11.4. The van der Waals surface area contributed by atoms with Crippen LogP contribution in [0.1, 0.15) is 43.7 Å². The molecule has 2 saturated carbocycles. The van der Waals surface area contributed by atoms with Crippen LogP contribution in [0.15, 0.2) is 24.4 Å². The van der Waals surface area contributed by atoms with Crippen LogP contribution < -0.4 is 15.0 Å². The van der Waals surface area contributed by atoms with Gasteiger partial charge in [-0.15, -0.1) is 0 Å². The van der Waals surface area contributed by atoms with Gasteiger partial charge in [0.05, 0.1) is 12.3 Å². The van der Waals surface area contributed by atoms with Crippen LogP contribution in [-0.2, 0) is 10.2 Å². The van der Waals surface area contributed by atoms with Gasteiger partial charge in [0.15, 0.2) is 0 Å². The molecule has 1 aliphatic heterocycles. The highest BCUT2D eigenvalue weighted by Crippen LogP contribution is 2.58. The Morgan fingerprint density at radius 1 is 1.33 bits per heavy atom. The zero-order valence-corrected chi connectivity index (χ0v) is 15.8. The number of hydrogen-bond donors (Lipinski definition) is 1. The topological polar surface area (TPSA) is 67.4 Å². The van der Waals surface area contributed by atoms with Crippen molar-refractivity contribution in [2.45, 2.75) is 44.9 Å². The first-order chi connectivity index (χ1) is 13.0. The number of hydrogen-bond acceptors (Lipinski definition) is 5. The Labute approximate surface area is 159 Å². The molecule has 3 aliphatic rings. The van der Waals surface area contributed by atoms with Crippen molar-refractivity contribution in [2.24, 2.45) is 5.92 Å². The second-order valence-electron chi connectivity index (χ2n) is 8.23. The highest BCUT2D eigenvalue weighted by Gasteiger charge is 2.52. The fraction of sp³-hybridized carbons (Fsp3) is 0.476. The number of amides is 1. The number of nitrogens with one attached hydrogen (secondary N) is 1. The molecule has 140 valence electrons. The first-order valence-corrected chi connectivity index (χ1v) is 9.70.